The molecule has 2 aliphatic rings. The molecule has 7 nitrogen and oxygen atoms in total. The van der Waals surface area contributed by atoms with Gasteiger partial charge in [0.05, 0.1) is 52.1 Å². The molecule has 8 aromatic carbocycles. The molecule has 0 spiro atoms. The van der Waals surface area contributed by atoms with Crippen LogP contribution in [-0.4, -0.2) is 4.98 Å². The highest BCUT2D eigenvalue weighted by Crippen LogP contribution is 2.58. The molecule has 7 heteroatoms. The van der Waals surface area contributed by atoms with Gasteiger partial charge in [-0.2, -0.15) is 5.26 Å². The number of pyridine rings is 1. The minimum absolute atomic E-state index is 0.540. The van der Waals surface area contributed by atoms with E-state index in [0.29, 0.717) is 34.4 Å². The largest absolute Gasteiger partial charge is 0.453 e. The molecule has 0 saturated heterocycles. The van der Waals surface area contributed by atoms with Crippen molar-refractivity contribution >= 4 is 57.1 Å². The van der Waals surface area contributed by atoms with E-state index in [1.807, 2.05) is 84.9 Å². The van der Waals surface area contributed by atoms with Crippen molar-refractivity contribution in [3.63, 3.8) is 0 Å². The van der Waals surface area contributed by atoms with Gasteiger partial charge in [0.2, 0.25) is 0 Å². The van der Waals surface area contributed by atoms with Gasteiger partial charge in [-0.3, -0.25) is 9.80 Å². The third-order valence-corrected chi connectivity index (χ3v) is 11.9. The normalized spacial score (nSPS) is 12.9. The van der Waals surface area contributed by atoms with E-state index in [1.165, 1.54) is 0 Å². The molecular formula is C56H36N6O. The van der Waals surface area contributed by atoms with E-state index < -0.39 is 5.41 Å². The molecule has 0 atom stereocenters. The van der Waals surface area contributed by atoms with Crippen LogP contribution in [0.4, 0.5) is 57.1 Å². The van der Waals surface area contributed by atoms with Crippen LogP contribution in [-0.2, 0) is 5.41 Å². The number of fused-ring (bicyclic) bond motifs is 4. The third kappa shape index (κ3) is 6.07. The van der Waals surface area contributed by atoms with Crippen LogP contribution in [0.25, 0.3) is 4.85 Å². The summed E-state index contributed by atoms with van der Waals surface area (Å²) < 4.78 is 6.49. The Bertz CT molecular complexity index is 3050. The molecule has 0 amide bonds. The topological polar surface area (TPSA) is 60.0 Å². The van der Waals surface area contributed by atoms with Crippen LogP contribution in [0.5, 0.6) is 11.5 Å². The standard InChI is InChI=1S/C56H36N6O/c1-58-42-30-34-44(35-31-42)60(43-32-28-39(38-57)29-33-43)45-36-54(59-55(37-45)62-50-24-12-14-26-52(50)63-53-27-15-13-25-51(53)62)61-48-22-10-8-20-46(48)56(40-16-4-2-5-17-40,41-18-6-3-7-19-41)47-21-9-11-23-49(47)61/h2-37H. The molecule has 0 radical (unpaired) electrons. The van der Waals surface area contributed by atoms with Crippen molar-refractivity contribution in [3.8, 4) is 17.6 Å². The van der Waals surface area contributed by atoms with E-state index in [9.17, 15) is 5.26 Å². The molecule has 3 heterocycles. The van der Waals surface area contributed by atoms with Gasteiger partial charge in [0.25, 0.3) is 0 Å². The molecule has 63 heavy (non-hydrogen) atoms. The van der Waals surface area contributed by atoms with Crippen LogP contribution in [0.15, 0.2) is 218 Å². The first-order chi connectivity index (χ1) is 31.1. The highest BCUT2D eigenvalue weighted by Gasteiger charge is 2.46. The maximum atomic E-state index is 9.80. The molecule has 1 aromatic heterocycles. The van der Waals surface area contributed by atoms with Crippen LogP contribution >= 0.6 is 0 Å². The zero-order chi connectivity index (χ0) is 42.3. The Morgan fingerprint density at radius 1 is 0.492 bits per heavy atom. The predicted octanol–water partition coefficient (Wildman–Crippen LogP) is 14.7. The van der Waals surface area contributed by atoms with Gasteiger partial charge in [-0.15, -0.1) is 0 Å². The lowest BCUT2D eigenvalue weighted by Gasteiger charge is -2.46. The minimum Gasteiger partial charge on any atom is -0.453 e. The minimum atomic E-state index is -0.659. The molecule has 0 bridgehead atoms. The maximum Gasteiger partial charge on any atom is 0.187 e. The van der Waals surface area contributed by atoms with Gasteiger partial charge in [0.15, 0.2) is 17.2 Å². The molecular weight excluding hydrogens is 773 g/mol. The number of aromatic nitrogens is 1. The maximum absolute atomic E-state index is 9.80. The van der Waals surface area contributed by atoms with E-state index in [2.05, 4.69) is 159 Å². The Kier molecular flexibility index (Phi) is 9.00. The van der Waals surface area contributed by atoms with Gasteiger partial charge in [-0.1, -0.05) is 133 Å². The summed E-state index contributed by atoms with van der Waals surface area (Å²) in [5, 5.41) is 9.80. The summed E-state index contributed by atoms with van der Waals surface area (Å²) in [4.78, 5) is 16.0. The number of nitrogens with zero attached hydrogens (tertiary/aromatic N) is 6. The number of benzene rings is 8. The first-order valence-corrected chi connectivity index (χ1v) is 20.7. The fraction of sp³-hybridized carbons (Fsp3) is 0.0179. The Balaban J connectivity index is 1.22. The van der Waals surface area contributed by atoms with Crippen LogP contribution in [0.1, 0.15) is 27.8 Å². The van der Waals surface area contributed by atoms with Crippen molar-refractivity contribution < 1.29 is 4.74 Å². The summed E-state index contributed by atoms with van der Waals surface area (Å²) in [7, 11) is 0. The lowest BCUT2D eigenvalue weighted by atomic mass is 9.62. The number of hydrogen-bond donors (Lipinski definition) is 0. The van der Waals surface area contributed by atoms with Gasteiger partial charge in [0.1, 0.15) is 11.6 Å². The van der Waals surface area contributed by atoms with Crippen molar-refractivity contribution in [2.45, 2.75) is 5.41 Å². The molecule has 0 saturated carbocycles. The summed E-state index contributed by atoms with van der Waals surface area (Å²) in [6.07, 6.45) is 0. The number of rotatable bonds is 7. The average molecular weight is 809 g/mol. The predicted molar refractivity (Wildman–Crippen MR) is 251 cm³/mol. The second kappa shape index (κ2) is 15.3. The van der Waals surface area contributed by atoms with Gasteiger partial charge in [-0.25, -0.2) is 9.83 Å². The summed E-state index contributed by atoms with van der Waals surface area (Å²) in [6.45, 7) is 7.70. The average Bonchev–Trinajstić information content (AvgIpc) is 3.35. The fourth-order valence-electron chi connectivity index (χ4n) is 9.26. The molecule has 2 aliphatic heterocycles. The zero-order valence-corrected chi connectivity index (χ0v) is 33.9. The molecule has 9 aromatic rings. The van der Waals surface area contributed by atoms with Gasteiger partial charge >= 0.3 is 0 Å². The monoisotopic (exact) mass is 808 g/mol. The summed E-state index contributed by atoms with van der Waals surface area (Å²) in [5.74, 6) is 2.79. The van der Waals surface area contributed by atoms with Crippen LogP contribution in [0, 0.1) is 17.9 Å². The molecule has 11 rings (SSSR count). The van der Waals surface area contributed by atoms with Crippen LogP contribution in [0.2, 0.25) is 0 Å². The van der Waals surface area contributed by atoms with Gasteiger partial charge in [-0.05, 0) is 95.1 Å². The highest BCUT2D eigenvalue weighted by molar-refractivity contribution is 5.93. The molecule has 0 fully saturated rings. The first kappa shape index (κ1) is 37.1. The highest BCUT2D eigenvalue weighted by atomic mass is 16.5. The van der Waals surface area contributed by atoms with E-state index in [4.69, 9.17) is 16.3 Å². The Labute approximate surface area is 366 Å². The third-order valence-electron chi connectivity index (χ3n) is 11.9. The zero-order valence-electron chi connectivity index (χ0n) is 33.9. The lowest BCUT2D eigenvalue weighted by molar-refractivity contribution is 0.476. The Morgan fingerprint density at radius 3 is 1.41 bits per heavy atom. The summed E-state index contributed by atoms with van der Waals surface area (Å²) >= 11 is 0. The summed E-state index contributed by atoms with van der Waals surface area (Å²) in [6, 6.07) is 76.6. The number of para-hydroxylation sites is 6. The number of nitriles is 1. The van der Waals surface area contributed by atoms with Crippen molar-refractivity contribution in [2.24, 2.45) is 0 Å². The second-order valence-corrected chi connectivity index (χ2v) is 15.4. The number of ether oxygens (including phenoxy) is 1. The smallest absolute Gasteiger partial charge is 0.187 e. The number of hydrogen-bond acceptors (Lipinski definition) is 6. The molecule has 296 valence electrons. The Morgan fingerprint density at radius 2 is 0.921 bits per heavy atom. The quantitative estimate of drug-likeness (QED) is 0.149. The lowest BCUT2D eigenvalue weighted by Crippen LogP contribution is -2.38. The second-order valence-electron chi connectivity index (χ2n) is 15.4. The first-order valence-electron chi connectivity index (χ1n) is 20.7. The van der Waals surface area contributed by atoms with E-state index >= 15 is 0 Å². The van der Waals surface area contributed by atoms with E-state index in [0.717, 1.165) is 62.1 Å². The van der Waals surface area contributed by atoms with Crippen molar-refractivity contribution in [1.82, 2.24) is 4.98 Å². The molecule has 0 unspecified atom stereocenters. The SMILES string of the molecule is [C-]#[N+]c1ccc(N(c2ccc(C#N)cc2)c2cc(N3c4ccccc4Oc4ccccc43)nc(N3c4ccccc4C(c4ccccc4)(c4ccccc4)c4ccccc43)c2)cc1. The van der Waals surface area contributed by atoms with Crippen LogP contribution < -0.4 is 19.4 Å². The number of anilines is 9. The molecule has 0 aliphatic carbocycles. The van der Waals surface area contributed by atoms with Gasteiger partial charge < -0.3 is 9.64 Å². The van der Waals surface area contributed by atoms with E-state index in [1.54, 1.807) is 0 Å². The van der Waals surface area contributed by atoms with Crippen LogP contribution in [0.3, 0.4) is 0 Å². The van der Waals surface area contributed by atoms with Crippen molar-refractivity contribution in [1.29, 1.82) is 5.26 Å². The van der Waals surface area contributed by atoms with Crippen molar-refractivity contribution in [3.05, 3.63) is 258 Å². The van der Waals surface area contributed by atoms with E-state index in [-0.39, 0.29) is 0 Å². The fourth-order valence-corrected chi connectivity index (χ4v) is 9.26. The van der Waals surface area contributed by atoms with Gasteiger partial charge in [0, 0.05) is 23.5 Å². The van der Waals surface area contributed by atoms with Crippen molar-refractivity contribution in [2.75, 3.05) is 14.7 Å². The molecule has 0 N–H and O–H groups in total. The summed E-state index contributed by atoms with van der Waals surface area (Å²) in [5.41, 5.74) is 11.2. The Hall–Kier alpha value is -8.91.